The van der Waals surface area contributed by atoms with E-state index in [1.165, 1.54) is 0 Å². The van der Waals surface area contributed by atoms with Crippen molar-refractivity contribution >= 4 is 22.8 Å². The summed E-state index contributed by atoms with van der Waals surface area (Å²) in [5.41, 5.74) is 4.29. The van der Waals surface area contributed by atoms with Gasteiger partial charge in [0, 0.05) is 34.8 Å². The lowest BCUT2D eigenvalue weighted by molar-refractivity contribution is 0.101. The van der Waals surface area contributed by atoms with Gasteiger partial charge >= 0.3 is 0 Å². The Kier molecular flexibility index (Phi) is 5.12. The maximum absolute atomic E-state index is 13.0. The zero-order valence-electron chi connectivity index (χ0n) is 17.7. The lowest BCUT2D eigenvalue weighted by atomic mass is 10.1. The van der Waals surface area contributed by atoms with Crippen molar-refractivity contribution < 1.29 is 19.0 Å². The van der Waals surface area contributed by atoms with Gasteiger partial charge in [0.1, 0.15) is 23.9 Å². The Morgan fingerprint density at radius 3 is 2.77 bits per heavy atom. The zero-order valence-corrected chi connectivity index (χ0v) is 17.7. The molecule has 2 aromatic carbocycles. The average molecular weight is 403 g/mol. The lowest BCUT2D eigenvalue weighted by Gasteiger charge is -2.11. The van der Waals surface area contributed by atoms with E-state index in [1.807, 2.05) is 50.4 Å². The van der Waals surface area contributed by atoms with Gasteiger partial charge in [0.2, 0.25) is 5.78 Å². The van der Waals surface area contributed by atoms with Crippen molar-refractivity contribution in [3.63, 3.8) is 0 Å². The molecule has 1 aliphatic heterocycles. The van der Waals surface area contributed by atoms with Crippen LogP contribution in [-0.4, -0.2) is 24.1 Å². The number of fused-ring (bicyclic) bond motifs is 2. The highest BCUT2D eigenvalue weighted by atomic mass is 16.5. The molecule has 30 heavy (non-hydrogen) atoms. The molecule has 154 valence electrons. The number of aromatic nitrogens is 1. The van der Waals surface area contributed by atoms with E-state index in [4.69, 9.17) is 14.2 Å². The SMILES string of the molecule is C=C(C)COc1ccc2c(c1C)O/C(=C\c1cn(CC)c3ccc(OC)cc13)C2=O. The summed E-state index contributed by atoms with van der Waals surface area (Å²) in [5.74, 6) is 2.21. The topological polar surface area (TPSA) is 49.7 Å². The summed E-state index contributed by atoms with van der Waals surface area (Å²) in [7, 11) is 1.65. The molecule has 5 nitrogen and oxygen atoms in total. The van der Waals surface area contributed by atoms with Crippen molar-refractivity contribution in [2.45, 2.75) is 27.3 Å². The van der Waals surface area contributed by atoms with E-state index in [1.54, 1.807) is 13.2 Å². The minimum atomic E-state index is -0.125. The van der Waals surface area contributed by atoms with Gasteiger partial charge in [-0.15, -0.1) is 0 Å². The van der Waals surface area contributed by atoms with Crippen molar-refractivity contribution in [2.75, 3.05) is 13.7 Å². The van der Waals surface area contributed by atoms with Gasteiger partial charge < -0.3 is 18.8 Å². The van der Waals surface area contributed by atoms with E-state index in [0.29, 0.717) is 29.4 Å². The number of hydrogen-bond acceptors (Lipinski definition) is 4. The number of ether oxygens (including phenoxy) is 3. The van der Waals surface area contributed by atoms with Crippen molar-refractivity contribution in [1.82, 2.24) is 4.57 Å². The van der Waals surface area contributed by atoms with E-state index in [-0.39, 0.29) is 5.78 Å². The van der Waals surface area contributed by atoms with E-state index in [0.717, 1.165) is 39.9 Å². The van der Waals surface area contributed by atoms with Crippen molar-refractivity contribution in [2.24, 2.45) is 0 Å². The molecule has 4 rings (SSSR count). The summed E-state index contributed by atoms with van der Waals surface area (Å²) in [4.78, 5) is 13.0. The molecular weight excluding hydrogens is 378 g/mol. The molecule has 0 saturated heterocycles. The fourth-order valence-electron chi connectivity index (χ4n) is 3.67. The summed E-state index contributed by atoms with van der Waals surface area (Å²) in [6, 6.07) is 9.53. The number of rotatable bonds is 6. The van der Waals surface area contributed by atoms with Gasteiger partial charge in [-0.3, -0.25) is 4.79 Å². The van der Waals surface area contributed by atoms with Gasteiger partial charge in [0.05, 0.1) is 12.7 Å². The predicted octanol–water partition coefficient (Wildman–Crippen LogP) is 5.55. The third-order valence-electron chi connectivity index (χ3n) is 5.26. The minimum absolute atomic E-state index is 0.125. The zero-order chi connectivity index (χ0) is 21.4. The summed E-state index contributed by atoms with van der Waals surface area (Å²) in [6.07, 6.45) is 3.84. The van der Waals surface area contributed by atoms with E-state index < -0.39 is 0 Å². The van der Waals surface area contributed by atoms with Crippen LogP contribution in [0.25, 0.3) is 17.0 Å². The first-order valence-electron chi connectivity index (χ1n) is 9.94. The fraction of sp³-hybridized carbons (Fsp3) is 0.240. The summed E-state index contributed by atoms with van der Waals surface area (Å²) >= 11 is 0. The first kappa shape index (κ1) is 19.8. The average Bonchev–Trinajstić information content (AvgIpc) is 3.25. The number of nitrogens with zero attached hydrogens (tertiary/aromatic N) is 1. The quantitative estimate of drug-likeness (QED) is 0.400. The van der Waals surface area contributed by atoms with Crippen LogP contribution < -0.4 is 14.2 Å². The molecular formula is C25H25NO4. The lowest BCUT2D eigenvalue weighted by Crippen LogP contribution is -2.00. The number of carbonyl (C=O) groups is 1. The van der Waals surface area contributed by atoms with E-state index >= 15 is 0 Å². The van der Waals surface area contributed by atoms with Crippen LogP contribution >= 0.6 is 0 Å². The van der Waals surface area contributed by atoms with Gasteiger partial charge in [-0.2, -0.15) is 0 Å². The molecule has 0 fully saturated rings. The van der Waals surface area contributed by atoms with Crippen molar-refractivity contribution in [3.8, 4) is 17.2 Å². The van der Waals surface area contributed by atoms with Crippen LogP contribution in [0.3, 0.4) is 0 Å². The molecule has 0 saturated carbocycles. The van der Waals surface area contributed by atoms with Crippen LogP contribution in [0.1, 0.15) is 35.3 Å². The molecule has 1 aromatic heterocycles. The summed E-state index contributed by atoms with van der Waals surface area (Å²) < 4.78 is 19.3. The van der Waals surface area contributed by atoms with Gasteiger partial charge in [-0.1, -0.05) is 6.58 Å². The van der Waals surface area contributed by atoms with Gasteiger partial charge in [0.25, 0.3) is 0 Å². The maximum Gasteiger partial charge on any atom is 0.231 e. The summed E-state index contributed by atoms with van der Waals surface area (Å²) in [5, 5.41) is 1.01. The summed E-state index contributed by atoms with van der Waals surface area (Å²) in [6.45, 7) is 11.0. The molecule has 0 atom stereocenters. The second-order valence-corrected chi connectivity index (χ2v) is 7.50. The first-order chi connectivity index (χ1) is 14.4. The Balaban J connectivity index is 1.74. The molecule has 0 radical (unpaired) electrons. The maximum atomic E-state index is 13.0. The number of Topliss-reactive ketones (excluding diaryl/α,β-unsaturated/α-hetero) is 1. The molecule has 3 aromatic rings. The fourth-order valence-corrected chi connectivity index (χ4v) is 3.67. The second kappa shape index (κ2) is 7.75. The molecule has 5 heteroatoms. The highest BCUT2D eigenvalue weighted by Crippen LogP contribution is 2.40. The molecule has 0 aliphatic carbocycles. The van der Waals surface area contributed by atoms with Crippen LogP contribution in [0.5, 0.6) is 17.2 Å². The van der Waals surface area contributed by atoms with Crippen molar-refractivity contribution in [3.05, 3.63) is 71.1 Å². The smallest absolute Gasteiger partial charge is 0.231 e. The van der Waals surface area contributed by atoms with Crippen LogP contribution in [0.4, 0.5) is 0 Å². The van der Waals surface area contributed by atoms with Gasteiger partial charge in [-0.25, -0.2) is 0 Å². The molecule has 2 heterocycles. The number of hydrogen-bond donors (Lipinski definition) is 0. The first-order valence-corrected chi connectivity index (χ1v) is 9.94. The van der Waals surface area contributed by atoms with Crippen LogP contribution in [0.2, 0.25) is 0 Å². The third-order valence-corrected chi connectivity index (χ3v) is 5.26. The van der Waals surface area contributed by atoms with Crippen molar-refractivity contribution in [1.29, 1.82) is 0 Å². The second-order valence-electron chi connectivity index (χ2n) is 7.50. The number of benzene rings is 2. The Morgan fingerprint density at radius 1 is 1.27 bits per heavy atom. The van der Waals surface area contributed by atoms with Crippen LogP contribution in [0.15, 0.2) is 54.4 Å². The Hall–Kier alpha value is -3.47. The Morgan fingerprint density at radius 2 is 2.07 bits per heavy atom. The molecule has 0 unspecified atom stereocenters. The van der Waals surface area contributed by atoms with E-state index in [2.05, 4.69) is 18.1 Å². The molecule has 0 spiro atoms. The highest BCUT2D eigenvalue weighted by molar-refractivity contribution is 6.15. The van der Waals surface area contributed by atoms with E-state index in [9.17, 15) is 4.79 Å². The number of carbonyl (C=O) groups excluding carboxylic acids is 1. The number of aryl methyl sites for hydroxylation is 1. The van der Waals surface area contributed by atoms with Crippen LogP contribution in [-0.2, 0) is 6.54 Å². The molecule has 0 bridgehead atoms. The largest absolute Gasteiger partial charge is 0.497 e. The molecule has 1 aliphatic rings. The number of methoxy groups -OCH3 is 1. The predicted molar refractivity (Wildman–Crippen MR) is 119 cm³/mol. The number of ketones is 1. The Labute approximate surface area is 176 Å². The van der Waals surface area contributed by atoms with Gasteiger partial charge in [-0.05, 0) is 62.8 Å². The number of allylic oxidation sites excluding steroid dienone is 1. The highest BCUT2D eigenvalue weighted by Gasteiger charge is 2.30. The Bertz CT molecular complexity index is 1200. The molecule has 0 N–H and O–H groups in total. The normalized spacial score (nSPS) is 14.1. The third kappa shape index (κ3) is 3.36. The standard InChI is InChI=1S/C25H25NO4/c1-6-26-13-17(20-12-18(28-5)7-9-21(20)26)11-23-24(27)19-8-10-22(29-14-15(2)3)16(4)25(19)30-23/h7-13H,2,6,14H2,1,3-5H3/b23-11-. The van der Waals surface area contributed by atoms with Gasteiger partial charge in [0.15, 0.2) is 5.76 Å². The molecule has 0 amide bonds. The van der Waals surface area contributed by atoms with Crippen LogP contribution in [0, 0.1) is 6.92 Å². The minimum Gasteiger partial charge on any atom is -0.497 e. The monoisotopic (exact) mass is 403 g/mol.